The van der Waals surface area contributed by atoms with Crippen molar-refractivity contribution >= 4 is 46.6 Å². The average Bonchev–Trinajstić information content (AvgIpc) is 3.01. The molecule has 1 aromatic carbocycles. The molecule has 0 aliphatic carbocycles. The normalized spacial score (nSPS) is 16.7. The lowest BCUT2D eigenvalue weighted by molar-refractivity contribution is -0.114. The number of hydrogen-bond acceptors (Lipinski definition) is 3. The van der Waals surface area contributed by atoms with Crippen LogP contribution < -0.4 is 5.01 Å². The fraction of sp³-hybridized carbons (Fsp3) is 0.0667. The first-order valence-electron chi connectivity index (χ1n) is 6.16. The van der Waals surface area contributed by atoms with Crippen LogP contribution in [0.3, 0.4) is 0 Å². The number of rotatable bonds is 2. The first kappa shape index (κ1) is 13.9. The van der Waals surface area contributed by atoms with Gasteiger partial charge in [0.25, 0.3) is 5.91 Å². The van der Waals surface area contributed by atoms with E-state index in [0.717, 1.165) is 0 Å². The molecular weight excluding hydrogens is 311 g/mol. The summed E-state index contributed by atoms with van der Waals surface area (Å²) in [5.41, 5.74) is 1.60. The summed E-state index contributed by atoms with van der Waals surface area (Å²) in [6, 6.07) is 8.40. The summed E-state index contributed by atoms with van der Waals surface area (Å²) in [5, 5.41) is 6.43. The maximum absolute atomic E-state index is 12.5. The van der Waals surface area contributed by atoms with Gasteiger partial charge in [-0.05, 0) is 43.3 Å². The fourth-order valence-corrected chi connectivity index (χ4v) is 2.55. The number of carbonyl (C=O) groups is 1. The lowest BCUT2D eigenvalue weighted by Gasteiger charge is -2.12. The lowest BCUT2D eigenvalue weighted by Crippen LogP contribution is -2.21. The van der Waals surface area contributed by atoms with Gasteiger partial charge >= 0.3 is 0 Å². The van der Waals surface area contributed by atoms with Gasteiger partial charge < -0.3 is 4.42 Å². The van der Waals surface area contributed by atoms with Crippen molar-refractivity contribution in [3.8, 4) is 0 Å². The van der Waals surface area contributed by atoms with Crippen molar-refractivity contribution in [1.82, 2.24) is 0 Å². The Labute approximate surface area is 131 Å². The Morgan fingerprint density at radius 2 is 1.95 bits per heavy atom. The summed E-state index contributed by atoms with van der Waals surface area (Å²) in [5.74, 6) is 0.348. The topological polar surface area (TPSA) is 45.8 Å². The van der Waals surface area contributed by atoms with Crippen molar-refractivity contribution in [2.75, 3.05) is 5.01 Å². The molecule has 2 heterocycles. The van der Waals surface area contributed by atoms with Crippen LogP contribution in [0.15, 0.2) is 51.7 Å². The highest BCUT2D eigenvalue weighted by Gasteiger charge is 2.29. The van der Waals surface area contributed by atoms with Crippen LogP contribution in [0.25, 0.3) is 6.08 Å². The molecular formula is C15H10Cl2N2O2. The number of amides is 1. The van der Waals surface area contributed by atoms with E-state index in [-0.39, 0.29) is 5.91 Å². The van der Waals surface area contributed by atoms with Crippen molar-refractivity contribution in [2.45, 2.75) is 6.92 Å². The number of furan rings is 1. The number of benzene rings is 1. The Kier molecular flexibility index (Phi) is 3.57. The van der Waals surface area contributed by atoms with Gasteiger partial charge in [0.05, 0.1) is 23.2 Å². The van der Waals surface area contributed by atoms with E-state index in [9.17, 15) is 4.79 Å². The lowest BCUT2D eigenvalue weighted by atomic mass is 10.1. The van der Waals surface area contributed by atoms with Crippen LogP contribution in [0, 0.1) is 0 Å². The minimum atomic E-state index is -0.248. The summed E-state index contributed by atoms with van der Waals surface area (Å²) in [6.07, 6.45) is 3.21. The minimum absolute atomic E-state index is 0.248. The van der Waals surface area contributed by atoms with Gasteiger partial charge in [-0.25, -0.2) is 0 Å². The van der Waals surface area contributed by atoms with E-state index in [2.05, 4.69) is 5.10 Å². The smallest absolute Gasteiger partial charge is 0.280 e. The van der Waals surface area contributed by atoms with Crippen LogP contribution in [-0.4, -0.2) is 11.6 Å². The number of hydrogen-bond donors (Lipinski definition) is 0. The van der Waals surface area contributed by atoms with Gasteiger partial charge in [0.2, 0.25) is 0 Å². The molecule has 1 aliphatic rings. The van der Waals surface area contributed by atoms with Crippen LogP contribution in [0.5, 0.6) is 0 Å². The van der Waals surface area contributed by atoms with E-state index in [1.165, 1.54) is 5.01 Å². The quantitative estimate of drug-likeness (QED) is 0.770. The van der Waals surface area contributed by atoms with E-state index in [1.54, 1.807) is 49.6 Å². The molecule has 0 spiro atoms. The summed E-state index contributed by atoms with van der Waals surface area (Å²) in [6.45, 7) is 1.76. The second kappa shape index (κ2) is 5.39. The van der Waals surface area contributed by atoms with E-state index >= 15 is 0 Å². The third-order valence-electron chi connectivity index (χ3n) is 2.98. The molecule has 3 rings (SSSR count). The SMILES string of the molecule is CC1=NN(c2cc(Cl)cc(Cl)c2)C(=O)C1=Cc1ccco1. The average molecular weight is 321 g/mol. The summed E-state index contributed by atoms with van der Waals surface area (Å²) < 4.78 is 5.23. The van der Waals surface area contributed by atoms with E-state index < -0.39 is 0 Å². The number of nitrogens with zero attached hydrogens (tertiary/aromatic N) is 2. The first-order valence-corrected chi connectivity index (χ1v) is 6.91. The maximum atomic E-state index is 12.5. The second-order valence-electron chi connectivity index (χ2n) is 4.50. The monoisotopic (exact) mass is 320 g/mol. The highest BCUT2D eigenvalue weighted by atomic mass is 35.5. The molecule has 0 atom stereocenters. The first-order chi connectivity index (χ1) is 10.0. The molecule has 106 valence electrons. The van der Waals surface area contributed by atoms with Gasteiger partial charge in [0.1, 0.15) is 5.76 Å². The van der Waals surface area contributed by atoms with Gasteiger partial charge in [0, 0.05) is 10.0 Å². The molecule has 0 radical (unpaired) electrons. The fourth-order valence-electron chi connectivity index (χ4n) is 2.04. The molecule has 1 aliphatic heterocycles. The molecule has 2 aromatic rings. The Hall–Kier alpha value is -2.04. The molecule has 0 bridgehead atoms. The third-order valence-corrected chi connectivity index (χ3v) is 3.42. The molecule has 0 saturated carbocycles. The Morgan fingerprint density at radius 3 is 2.57 bits per heavy atom. The van der Waals surface area contributed by atoms with Crippen LogP contribution >= 0.6 is 23.2 Å². The number of halogens is 2. The van der Waals surface area contributed by atoms with Crippen LogP contribution in [0.2, 0.25) is 10.0 Å². The number of carbonyl (C=O) groups excluding carboxylic acids is 1. The van der Waals surface area contributed by atoms with E-state index in [1.807, 2.05) is 0 Å². The molecule has 0 unspecified atom stereocenters. The summed E-state index contributed by atoms with van der Waals surface area (Å²) in [4.78, 5) is 12.5. The van der Waals surface area contributed by atoms with Crippen LogP contribution in [0.1, 0.15) is 12.7 Å². The van der Waals surface area contributed by atoms with Gasteiger partial charge in [0.15, 0.2) is 0 Å². The van der Waals surface area contributed by atoms with Crippen molar-refractivity contribution in [3.63, 3.8) is 0 Å². The summed E-state index contributed by atoms with van der Waals surface area (Å²) >= 11 is 11.9. The molecule has 6 heteroatoms. The Morgan fingerprint density at radius 1 is 1.24 bits per heavy atom. The van der Waals surface area contributed by atoms with Gasteiger partial charge in [-0.1, -0.05) is 23.2 Å². The van der Waals surface area contributed by atoms with Crippen LogP contribution in [0.4, 0.5) is 5.69 Å². The largest absolute Gasteiger partial charge is 0.465 e. The van der Waals surface area contributed by atoms with Crippen LogP contribution in [-0.2, 0) is 4.79 Å². The Balaban J connectivity index is 1.99. The molecule has 1 aromatic heterocycles. The highest BCUT2D eigenvalue weighted by molar-refractivity contribution is 6.36. The molecule has 4 nitrogen and oxygen atoms in total. The standard InChI is InChI=1S/C15H10Cl2N2O2/c1-9-14(8-13-3-2-4-21-13)15(20)19(18-9)12-6-10(16)5-11(17)7-12/h2-8H,1H3. The molecule has 0 fully saturated rings. The zero-order chi connectivity index (χ0) is 15.0. The highest BCUT2D eigenvalue weighted by Crippen LogP contribution is 2.30. The third kappa shape index (κ3) is 2.73. The zero-order valence-electron chi connectivity index (χ0n) is 11.0. The Bertz CT molecular complexity index is 744. The molecule has 21 heavy (non-hydrogen) atoms. The number of hydrazone groups is 1. The van der Waals surface area contributed by atoms with Crippen molar-refractivity contribution < 1.29 is 9.21 Å². The molecule has 0 saturated heterocycles. The zero-order valence-corrected chi connectivity index (χ0v) is 12.5. The van der Waals surface area contributed by atoms with Gasteiger partial charge in [-0.15, -0.1) is 0 Å². The molecule has 1 amide bonds. The predicted molar refractivity (Wildman–Crippen MR) is 83.7 cm³/mol. The van der Waals surface area contributed by atoms with E-state index in [4.69, 9.17) is 27.6 Å². The van der Waals surface area contributed by atoms with Gasteiger partial charge in [-0.3, -0.25) is 4.79 Å². The van der Waals surface area contributed by atoms with Crippen molar-refractivity contribution in [1.29, 1.82) is 0 Å². The van der Waals surface area contributed by atoms with E-state index in [0.29, 0.717) is 32.8 Å². The summed E-state index contributed by atoms with van der Waals surface area (Å²) in [7, 11) is 0. The predicted octanol–water partition coefficient (Wildman–Crippen LogP) is 4.39. The number of anilines is 1. The second-order valence-corrected chi connectivity index (χ2v) is 5.38. The van der Waals surface area contributed by atoms with Gasteiger partial charge in [-0.2, -0.15) is 10.1 Å². The van der Waals surface area contributed by atoms with Crippen molar-refractivity contribution in [2.24, 2.45) is 5.10 Å². The minimum Gasteiger partial charge on any atom is -0.465 e. The molecule has 0 N–H and O–H groups in total. The van der Waals surface area contributed by atoms with Crippen molar-refractivity contribution in [3.05, 3.63) is 58.0 Å². The maximum Gasteiger partial charge on any atom is 0.280 e.